The molecule has 6 heteroatoms. The third-order valence-corrected chi connectivity index (χ3v) is 5.78. The van der Waals surface area contributed by atoms with Crippen molar-refractivity contribution in [2.75, 3.05) is 6.73 Å². The van der Waals surface area contributed by atoms with Gasteiger partial charge in [-0.1, -0.05) is 30.3 Å². The van der Waals surface area contributed by atoms with Crippen LogP contribution < -0.4 is 9.64 Å². The number of ether oxygens (including phenoxy) is 1. The molecule has 6 rings (SSSR count). The van der Waals surface area contributed by atoms with Crippen molar-refractivity contribution in [3.63, 3.8) is 0 Å². The topological polar surface area (TPSA) is 73.8 Å². The van der Waals surface area contributed by atoms with Crippen LogP contribution in [0.2, 0.25) is 0 Å². The number of carbonyl (C=O) groups is 2. The second kappa shape index (κ2) is 6.37. The third-order valence-electron chi connectivity index (χ3n) is 5.78. The summed E-state index contributed by atoms with van der Waals surface area (Å²) >= 11 is 0. The van der Waals surface area contributed by atoms with Crippen LogP contribution in [-0.4, -0.2) is 23.3 Å². The maximum Gasteiger partial charge on any atom is 0.229 e. The van der Waals surface area contributed by atoms with Gasteiger partial charge in [0, 0.05) is 22.7 Å². The zero-order valence-electron chi connectivity index (χ0n) is 16.0. The molecule has 0 saturated carbocycles. The molecule has 0 amide bonds. The van der Waals surface area contributed by atoms with Gasteiger partial charge in [-0.05, 0) is 24.3 Å². The lowest BCUT2D eigenvalue weighted by molar-refractivity contribution is -0.946. The smallest absolute Gasteiger partial charge is 0.229 e. The third kappa shape index (κ3) is 2.44. The van der Waals surface area contributed by atoms with Crippen molar-refractivity contribution < 1.29 is 23.6 Å². The van der Waals surface area contributed by atoms with E-state index in [0.717, 1.165) is 17.0 Å². The van der Waals surface area contributed by atoms with Crippen LogP contribution >= 0.6 is 0 Å². The van der Waals surface area contributed by atoms with Crippen LogP contribution in [0.1, 0.15) is 43.3 Å². The Hall–Kier alpha value is -3.77. The lowest BCUT2D eigenvalue weighted by Crippen LogP contribution is -3.11. The summed E-state index contributed by atoms with van der Waals surface area (Å²) in [5.74, 6) is 0.433. The number of pyridine rings is 1. The molecule has 30 heavy (non-hydrogen) atoms. The van der Waals surface area contributed by atoms with E-state index in [4.69, 9.17) is 9.15 Å². The largest absolute Gasteiger partial charge is 0.451 e. The lowest BCUT2D eigenvalue weighted by atomic mass is 9.87. The summed E-state index contributed by atoms with van der Waals surface area (Å²) in [4.78, 5) is 31.7. The number of carbonyl (C=O) groups excluding carboxylic acids is 2. The van der Waals surface area contributed by atoms with Gasteiger partial charge >= 0.3 is 0 Å². The van der Waals surface area contributed by atoms with E-state index >= 15 is 0 Å². The molecule has 0 bridgehead atoms. The van der Waals surface area contributed by atoms with Crippen LogP contribution in [0.4, 0.5) is 0 Å². The molecule has 0 spiro atoms. The zero-order chi connectivity index (χ0) is 20.2. The monoisotopic (exact) mass is 397 g/mol. The van der Waals surface area contributed by atoms with Gasteiger partial charge in [0.2, 0.25) is 12.5 Å². The van der Waals surface area contributed by atoms with E-state index in [2.05, 4.69) is 4.98 Å². The number of ketones is 2. The Labute approximate surface area is 171 Å². The standard InChI is InChI=1S/C24H16N2O4/c27-21-15-6-1-2-7-16(15)22(28)24-20(21)17-8-9-19-18(23(17)30-24)12-26(13-29-19)11-14-5-3-4-10-25-14/h1-10H,11-13H2/p+1. The first kappa shape index (κ1) is 17.1. The molecule has 3 heterocycles. The maximum absolute atomic E-state index is 13.1. The van der Waals surface area contributed by atoms with Crippen molar-refractivity contribution in [1.29, 1.82) is 0 Å². The molecule has 2 aromatic carbocycles. The summed E-state index contributed by atoms with van der Waals surface area (Å²) in [6, 6.07) is 16.4. The van der Waals surface area contributed by atoms with Gasteiger partial charge in [0.1, 0.15) is 24.4 Å². The molecular weight excluding hydrogens is 380 g/mol. The van der Waals surface area contributed by atoms with Gasteiger partial charge < -0.3 is 9.15 Å². The summed E-state index contributed by atoms with van der Waals surface area (Å²) in [5.41, 5.74) is 3.59. The molecule has 2 aliphatic rings. The van der Waals surface area contributed by atoms with E-state index in [1.54, 1.807) is 30.5 Å². The number of nitrogens with zero attached hydrogens (tertiary/aromatic N) is 1. The van der Waals surface area contributed by atoms with E-state index in [1.807, 2.05) is 30.3 Å². The first-order valence-corrected chi connectivity index (χ1v) is 9.84. The van der Waals surface area contributed by atoms with Crippen LogP contribution in [0.25, 0.3) is 11.0 Å². The Morgan fingerprint density at radius 3 is 2.53 bits per heavy atom. The van der Waals surface area contributed by atoms with E-state index in [1.165, 1.54) is 4.90 Å². The normalized spacial score (nSPS) is 17.3. The summed E-state index contributed by atoms with van der Waals surface area (Å²) in [6.45, 7) is 1.88. The van der Waals surface area contributed by atoms with Crippen LogP contribution in [-0.2, 0) is 13.1 Å². The van der Waals surface area contributed by atoms with Gasteiger partial charge in [-0.25, -0.2) is 0 Å². The highest BCUT2D eigenvalue weighted by atomic mass is 16.5. The molecule has 1 unspecified atom stereocenters. The number of quaternary nitrogens is 1. The second-order valence-electron chi connectivity index (χ2n) is 7.64. The Morgan fingerprint density at radius 2 is 1.73 bits per heavy atom. The predicted molar refractivity (Wildman–Crippen MR) is 108 cm³/mol. The highest BCUT2D eigenvalue weighted by Gasteiger charge is 2.36. The van der Waals surface area contributed by atoms with Crippen molar-refractivity contribution in [3.05, 3.63) is 94.5 Å². The van der Waals surface area contributed by atoms with E-state index in [9.17, 15) is 9.59 Å². The molecule has 1 aliphatic heterocycles. The number of nitrogens with one attached hydrogen (secondary N) is 1. The Kier molecular flexibility index (Phi) is 3.63. The summed E-state index contributed by atoms with van der Waals surface area (Å²) in [6.07, 6.45) is 1.78. The molecule has 2 aromatic heterocycles. The molecule has 1 aliphatic carbocycles. The molecule has 1 atom stereocenters. The summed E-state index contributed by atoms with van der Waals surface area (Å²) in [7, 11) is 0. The Bertz CT molecular complexity index is 1340. The van der Waals surface area contributed by atoms with Gasteiger partial charge in [0.25, 0.3) is 0 Å². The fourth-order valence-electron chi connectivity index (χ4n) is 4.38. The molecule has 4 aromatic rings. The van der Waals surface area contributed by atoms with Gasteiger partial charge in [0.05, 0.1) is 16.8 Å². The Balaban J connectivity index is 1.45. The molecule has 0 saturated heterocycles. The number of aromatic nitrogens is 1. The first-order valence-electron chi connectivity index (χ1n) is 9.84. The molecule has 146 valence electrons. The fraction of sp³-hybridized carbons (Fsp3) is 0.125. The quantitative estimate of drug-likeness (QED) is 0.496. The zero-order valence-corrected chi connectivity index (χ0v) is 16.0. The van der Waals surface area contributed by atoms with Crippen LogP contribution in [0.15, 0.2) is 65.2 Å². The van der Waals surface area contributed by atoms with Gasteiger partial charge in [-0.15, -0.1) is 0 Å². The van der Waals surface area contributed by atoms with Crippen LogP contribution in [0, 0.1) is 0 Å². The number of hydrogen-bond donors (Lipinski definition) is 1. The van der Waals surface area contributed by atoms with Crippen LogP contribution in [0.3, 0.4) is 0 Å². The number of benzene rings is 2. The highest BCUT2D eigenvalue weighted by Crippen LogP contribution is 2.39. The molecule has 0 radical (unpaired) electrons. The number of furan rings is 1. The fourth-order valence-corrected chi connectivity index (χ4v) is 4.38. The lowest BCUT2D eigenvalue weighted by Gasteiger charge is -2.25. The number of hydrogen-bond acceptors (Lipinski definition) is 5. The van der Waals surface area contributed by atoms with Crippen LogP contribution in [0.5, 0.6) is 5.75 Å². The van der Waals surface area contributed by atoms with E-state index < -0.39 is 0 Å². The average Bonchev–Trinajstić information content (AvgIpc) is 3.19. The van der Waals surface area contributed by atoms with Crippen molar-refractivity contribution in [2.45, 2.75) is 13.1 Å². The SMILES string of the molecule is O=C1c2ccccc2C(=O)c2c1oc1c3c(ccc21)OC[NH+](Cc1ccccn1)C3. The second-order valence-corrected chi connectivity index (χ2v) is 7.64. The van der Waals surface area contributed by atoms with Gasteiger partial charge in [-0.2, -0.15) is 0 Å². The maximum atomic E-state index is 13.1. The van der Waals surface area contributed by atoms with Crippen molar-refractivity contribution in [3.8, 4) is 5.75 Å². The number of rotatable bonds is 2. The van der Waals surface area contributed by atoms with Crippen molar-refractivity contribution in [2.24, 2.45) is 0 Å². The molecule has 1 N–H and O–H groups in total. The van der Waals surface area contributed by atoms with Crippen molar-refractivity contribution in [1.82, 2.24) is 4.98 Å². The average molecular weight is 397 g/mol. The van der Waals surface area contributed by atoms with E-state index in [-0.39, 0.29) is 17.3 Å². The number of fused-ring (bicyclic) bond motifs is 6. The summed E-state index contributed by atoms with van der Waals surface area (Å²) in [5, 5.41) is 0.666. The Morgan fingerprint density at radius 1 is 0.933 bits per heavy atom. The molecule has 6 nitrogen and oxygen atoms in total. The predicted octanol–water partition coefficient (Wildman–Crippen LogP) is 2.54. The minimum atomic E-state index is -0.250. The van der Waals surface area contributed by atoms with Crippen molar-refractivity contribution >= 4 is 22.5 Å². The summed E-state index contributed by atoms with van der Waals surface area (Å²) < 4.78 is 12.0. The first-order chi connectivity index (χ1) is 14.7. The minimum absolute atomic E-state index is 0.124. The van der Waals surface area contributed by atoms with Gasteiger partial charge in [-0.3, -0.25) is 19.5 Å². The molecule has 0 fully saturated rings. The highest BCUT2D eigenvalue weighted by molar-refractivity contribution is 6.31. The molecular formula is C24H17N2O4+. The van der Waals surface area contributed by atoms with E-state index in [0.29, 0.717) is 47.5 Å². The minimum Gasteiger partial charge on any atom is -0.451 e. The van der Waals surface area contributed by atoms with Gasteiger partial charge in [0.15, 0.2) is 11.5 Å².